The average molecular weight is 379 g/mol. The van der Waals surface area contributed by atoms with E-state index in [1.165, 1.54) is 36.4 Å². The number of likely N-dealkylation sites (N-methyl/N-ethyl adjacent to an activating group) is 1. The van der Waals surface area contributed by atoms with Crippen molar-refractivity contribution in [2.75, 3.05) is 27.2 Å². The van der Waals surface area contributed by atoms with Gasteiger partial charge in [0, 0.05) is 25.2 Å². The van der Waals surface area contributed by atoms with Gasteiger partial charge in [0.1, 0.15) is 5.82 Å². The summed E-state index contributed by atoms with van der Waals surface area (Å²) in [5.74, 6) is -0.671. The molecule has 2 N–H and O–H groups in total. The van der Waals surface area contributed by atoms with Crippen molar-refractivity contribution in [2.45, 2.75) is 11.4 Å². The number of carbonyl (C=O) groups excluding carboxylic acids is 1. The minimum atomic E-state index is -3.60. The van der Waals surface area contributed by atoms with E-state index in [0.29, 0.717) is 18.7 Å². The molecule has 0 unspecified atom stereocenters. The van der Waals surface area contributed by atoms with Gasteiger partial charge in [-0.25, -0.2) is 17.5 Å². The lowest BCUT2D eigenvalue weighted by Gasteiger charge is -2.11. The number of hydrogen-bond acceptors (Lipinski definition) is 4. The molecular formula is C18H22FN3O3S. The largest absolute Gasteiger partial charge is 0.348 e. The lowest BCUT2D eigenvalue weighted by atomic mass is 10.2. The summed E-state index contributed by atoms with van der Waals surface area (Å²) < 4.78 is 39.7. The summed E-state index contributed by atoms with van der Waals surface area (Å²) >= 11 is 0. The van der Waals surface area contributed by atoms with Crippen LogP contribution in [0.25, 0.3) is 0 Å². The van der Waals surface area contributed by atoms with Gasteiger partial charge in [-0.15, -0.1) is 0 Å². The number of amides is 1. The van der Waals surface area contributed by atoms with E-state index < -0.39 is 10.0 Å². The predicted octanol–water partition coefficient (Wildman–Crippen LogP) is 1.60. The van der Waals surface area contributed by atoms with Crippen LogP contribution >= 0.6 is 0 Å². The number of sulfonamides is 1. The van der Waals surface area contributed by atoms with Gasteiger partial charge in [-0.3, -0.25) is 4.79 Å². The Morgan fingerprint density at radius 3 is 2.23 bits per heavy atom. The number of nitrogens with one attached hydrogen (secondary N) is 2. The third-order valence-electron chi connectivity index (χ3n) is 3.64. The Morgan fingerprint density at radius 2 is 1.65 bits per heavy atom. The summed E-state index contributed by atoms with van der Waals surface area (Å²) in [5, 5.41) is 2.71. The average Bonchev–Trinajstić information content (AvgIpc) is 2.60. The van der Waals surface area contributed by atoms with Gasteiger partial charge in [-0.05, 0) is 56.1 Å². The van der Waals surface area contributed by atoms with Crippen LogP contribution in [0, 0.1) is 5.82 Å². The fraction of sp³-hybridized carbons (Fsp3) is 0.278. The fourth-order valence-electron chi connectivity index (χ4n) is 2.16. The molecule has 0 aliphatic rings. The van der Waals surface area contributed by atoms with Crippen molar-refractivity contribution < 1.29 is 17.6 Å². The standard InChI is InChI=1S/C18H22FN3O3S/c1-22(2)12-11-21-26(24,25)17-9-5-15(6-10-17)18(23)20-13-14-3-7-16(19)8-4-14/h3-10,21H,11-13H2,1-2H3,(H,20,23). The molecule has 0 aliphatic heterocycles. The van der Waals surface area contributed by atoms with Crippen LogP contribution in [0.5, 0.6) is 0 Å². The van der Waals surface area contributed by atoms with E-state index in [2.05, 4.69) is 10.0 Å². The molecule has 0 aromatic heterocycles. The van der Waals surface area contributed by atoms with E-state index in [1.807, 2.05) is 19.0 Å². The first kappa shape index (κ1) is 20.0. The molecule has 0 saturated heterocycles. The van der Waals surface area contributed by atoms with Gasteiger partial charge in [0.15, 0.2) is 0 Å². The first-order chi connectivity index (χ1) is 12.3. The molecule has 2 aromatic rings. The van der Waals surface area contributed by atoms with Crippen molar-refractivity contribution in [2.24, 2.45) is 0 Å². The van der Waals surface area contributed by atoms with E-state index in [1.54, 1.807) is 12.1 Å². The summed E-state index contributed by atoms with van der Waals surface area (Å²) in [6, 6.07) is 11.5. The number of benzene rings is 2. The molecule has 0 fully saturated rings. The molecule has 26 heavy (non-hydrogen) atoms. The van der Waals surface area contributed by atoms with Crippen LogP contribution in [-0.4, -0.2) is 46.4 Å². The summed E-state index contributed by atoms with van der Waals surface area (Å²) in [6.07, 6.45) is 0. The van der Waals surface area contributed by atoms with Crippen LogP contribution in [0.2, 0.25) is 0 Å². The van der Waals surface area contributed by atoms with Crippen LogP contribution in [0.15, 0.2) is 53.4 Å². The van der Waals surface area contributed by atoms with Gasteiger partial charge in [0.05, 0.1) is 4.90 Å². The lowest BCUT2D eigenvalue weighted by molar-refractivity contribution is 0.0951. The van der Waals surface area contributed by atoms with E-state index >= 15 is 0 Å². The molecule has 0 aliphatic carbocycles. The Hall–Kier alpha value is -2.29. The first-order valence-corrected chi connectivity index (χ1v) is 9.53. The predicted molar refractivity (Wildman–Crippen MR) is 97.8 cm³/mol. The summed E-state index contributed by atoms with van der Waals surface area (Å²) in [4.78, 5) is 14.1. The SMILES string of the molecule is CN(C)CCNS(=O)(=O)c1ccc(C(=O)NCc2ccc(F)cc2)cc1. The molecule has 1 amide bonds. The molecule has 2 rings (SSSR count). The molecule has 140 valence electrons. The van der Waals surface area contributed by atoms with Crippen molar-refractivity contribution in [1.82, 2.24) is 14.9 Å². The van der Waals surface area contributed by atoms with Crippen LogP contribution in [0.1, 0.15) is 15.9 Å². The Balaban J connectivity index is 1.95. The molecule has 0 bridgehead atoms. The molecule has 6 nitrogen and oxygen atoms in total. The van der Waals surface area contributed by atoms with E-state index in [4.69, 9.17) is 0 Å². The molecule has 0 atom stereocenters. The maximum absolute atomic E-state index is 12.9. The molecule has 0 heterocycles. The summed E-state index contributed by atoms with van der Waals surface area (Å²) in [7, 11) is 0.108. The number of halogens is 1. The van der Waals surface area contributed by atoms with Crippen molar-refractivity contribution in [1.29, 1.82) is 0 Å². The smallest absolute Gasteiger partial charge is 0.251 e. The lowest BCUT2D eigenvalue weighted by Crippen LogP contribution is -2.31. The topological polar surface area (TPSA) is 78.5 Å². The van der Waals surface area contributed by atoms with Crippen LogP contribution in [0.4, 0.5) is 4.39 Å². The maximum Gasteiger partial charge on any atom is 0.251 e. The maximum atomic E-state index is 12.9. The quantitative estimate of drug-likeness (QED) is 0.730. The van der Waals surface area contributed by atoms with Crippen molar-refractivity contribution in [3.05, 3.63) is 65.5 Å². The van der Waals surface area contributed by atoms with E-state index in [0.717, 1.165) is 5.56 Å². The van der Waals surface area contributed by atoms with Gasteiger partial charge in [-0.2, -0.15) is 0 Å². The van der Waals surface area contributed by atoms with Crippen LogP contribution in [0.3, 0.4) is 0 Å². The van der Waals surface area contributed by atoms with Crippen molar-refractivity contribution in [3.8, 4) is 0 Å². The summed E-state index contributed by atoms with van der Waals surface area (Å²) in [5.41, 5.74) is 1.11. The van der Waals surface area contributed by atoms with Gasteiger partial charge in [0.2, 0.25) is 10.0 Å². The summed E-state index contributed by atoms with van der Waals surface area (Å²) in [6.45, 7) is 1.14. The highest BCUT2D eigenvalue weighted by molar-refractivity contribution is 7.89. The number of carbonyl (C=O) groups is 1. The van der Waals surface area contributed by atoms with Gasteiger partial charge in [-0.1, -0.05) is 12.1 Å². The highest BCUT2D eigenvalue weighted by atomic mass is 32.2. The molecule has 0 radical (unpaired) electrons. The van der Waals surface area contributed by atoms with Crippen LogP contribution in [-0.2, 0) is 16.6 Å². The molecular weight excluding hydrogens is 357 g/mol. The van der Waals surface area contributed by atoms with E-state index in [-0.39, 0.29) is 23.2 Å². The first-order valence-electron chi connectivity index (χ1n) is 8.05. The van der Waals surface area contributed by atoms with Crippen LogP contribution < -0.4 is 10.0 Å². The minimum absolute atomic E-state index is 0.103. The fourth-order valence-corrected chi connectivity index (χ4v) is 3.18. The Morgan fingerprint density at radius 1 is 1.04 bits per heavy atom. The number of rotatable bonds is 8. The highest BCUT2D eigenvalue weighted by Gasteiger charge is 2.14. The molecule has 0 saturated carbocycles. The minimum Gasteiger partial charge on any atom is -0.348 e. The second-order valence-electron chi connectivity index (χ2n) is 6.03. The second kappa shape index (κ2) is 8.88. The van der Waals surface area contributed by atoms with E-state index in [9.17, 15) is 17.6 Å². The number of hydrogen-bond donors (Lipinski definition) is 2. The Bertz CT molecular complexity index is 835. The van der Waals surface area contributed by atoms with Gasteiger partial charge in [0.25, 0.3) is 5.91 Å². The highest BCUT2D eigenvalue weighted by Crippen LogP contribution is 2.11. The second-order valence-corrected chi connectivity index (χ2v) is 7.80. The van der Waals surface area contributed by atoms with Crippen molar-refractivity contribution >= 4 is 15.9 Å². The van der Waals surface area contributed by atoms with Crippen molar-refractivity contribution in [3.63, 3.8) is 0 Å². The molecule has 8 heteroatoms. The monoisotopic (exact) mass is 379 g/mol. The zero-order valence-corrected chi connectivity index (χ0v) is 15.5. The van der Waals surface area contributed by atoms with Gasteiger partial charge < -0.3 is 10.2 Å². The normalized spacial score (nSPS) is 11.5. The zero-order valence-electron chi connectivity index (χ0n) is 14.7. The Labute approximate surface area is 153 Å². The van der Waals surface area contributed by atoms with Gasteiger partial charge >= 0.3 is 0 Å². The molecule has 0 spiro atoms. The Kier molecular flexibility index (Phi) is 6.84. The third-order valence-corrected chi connectivity index (χ3v) is 5.12. The number of nitrogens with zero attached hydrogens (tertiary/aromatic N) is 1. The molecule has 2 aromatic carbocycles. The third kappa shape index (κ3) is 5.91. The zero-order chi connectivity index (χ0) is 19.2.